The van der Waals surface area contributed by atoms with Crippen LogP contribution in [0.4, 0.5) is 5.69 Å². The fourth-order valence-corrected chi connectivity index (χ4v) is 7.98. The monoisotopic (exact) mass is 519 g/mol. The smallest absolute Gasteiger partial charge is 0.253 e. The lowest BCUT2D eigenvalue weighted by molar-refractivity contribution is -0.362. The standard InChI is InChI=1S/C31H41N3O4/c1-4-5-6-7-8-9-10-11-17-38-21-13-14-22-23-19-31-25(29(2,3)26(23)34(37)24(22)18-21)20-30(27(35)32-31)15-12-16-33(30)28(31)36/h13-14,18-19,25H,4-12,15-17,20H2,1-3H3,(H,32,35)/t25?,30-,31-/m0/s1. The Morgan fingerprint density at radius 3 is 2.61 bits per heavy atom. The Morgan fingerprint density at radius 2 is 1.84 bits per heavy atom. The highest BCUT2D eigenvalue weighted by atomic mass is 16.5. The lowest BCUT2D eigenvalue weighted by atomic mass is 9.51. The van der Waals surface area contributed by atoms with Gasteiger partial charge in [-0.05, 0) is 57.7 Å². The largest absolute Gasteiger partial charge is 0.618 e. The van der Waals surface area contributed by atoms with Gasteiger partial charge in [0.2, 0.25) is 17.3 Å². The maximum absolute atomic E-state index is 13.9. The minimum Gasteiger partial charge on any atom is -0.618 e. The van der Waals surface area contributed by atoms with E-state index in [-0.39, 0.29) is 17.7 Å². The predicted molar refractivity (Wildman–Crippen MR) is 147 cm³/mol. The molecule has 38 heavy (non-hydrogen) atoms. The van der Waals surface area contributed by atoms with Crippen LogP contribution >= 0.6 is 0 Å². The molecule has 2 amide bonds. The van der Waals surface area contributed by atoms with Crippen molar-refractivity contribution >= 4 is 28.8 Å². The van der Waals surface area contributed by atoms with Crippen molar-refractivity contribution < 1.29 is 19.1 Å². The molecule has 3 atom stereocenters. The molecule has 4 saturated heterocycles. The second-order valence-electron chi connectivity index (χ2n) is 12.6. The van der Waals surface area contributed by atoms with Crippen molar-refractivity contribution in [3.8, 4) is 5.75 Å². The average Bonchev–Trinajstić information content (AvgIpc) is 3.45. The zero-order valence-corrected chi connectivity index (χ0v) is 23.1. The Labute approximate surface area is 225 Å². The molecule has 7 nitrogen and oxygen atoms in total. The predicted octanol–water partition coefficient (Wildman–Crippen LogP) is 5.48. The number of carbonyl (C=O) groups is 2. The Hall–Kier alpha value is -2.83. The normalized spacial score (nSPS) is 30.0. The molecule has 0 radical (unpaired) electrons. The number of ether oxygens (including phenoxy) is 1. The van der Waals surface area contributed by atoms with Gasteiger partial charge in [-0.25, -0.2) is 0 Å². The molecule has 1 aliphatic carbocycles. The molecule has 0 aromatic heterocycles. The van der Waals surface area contributed by atoms with Crippen LogP contribution in [-0.4, -0.2) is 51.4 Å². The first-order valence-corrected chi connectivity index (χ1v) is 14.8. The van der Waals surface area contributed by atoms with Crippen LogP contribution in [0, 0.1) is 16.5 Å². The lowest BCUT2D eigenvalue weighted by Gasteiger charge is -2.62. The van der Waals surface area contributed by atoms with Gasteiger partial charge >= 0.3 is 0 Å². The van der Waals surface area contributed by atoms with E-state index in [1.807, 2.05) is 29.2 Å². The molecule has 204 valence electrons. The molecular weight excluding hydrogens is 478 g/mol. The van der Waals surface area contributed by atoms with Crippen LogP contribution in [0.25, 0.3) is 5.57 Å². The Kier molecular flexibility index (Phi) is 6.11. The molecule has 2 bridgehead atoms. The van der Waals surface area contributed by atoms with E-state index >= 15 is 0 Å². The number of piperazine rings is 1. The third kappa shape index (κ3) is 3.49. The summed E-state index contributed by atoms with van der Waals surface area (Å²) in [5.74, 6) is 0.480. The van der Waals surface area contributed by atoms with Crippen LogP contribution in [0.1, 0.15) is 97.0 Å². The molecule has 2 spiro atoms. The first-order valence-electron chi connectivity index (χ1n) is 14.8. The van der Waals surface area contributed by atoms with Crippen LogP contribution in [0.2, 0.25) is 0 Å². The topological polar surface area (TPSA) is 84.7 Å². The number of nitrogens with zero attached hydrogens (tertiary/aromatic N) is 2. The van der Waals surface area contributed by atoms with Crippen molar-refractivity contribution in [2.45, 2.75) is 102 Å². The molecule has 1 aromatic carbocycles. The van der Waals surface area contributed by atoms with Crippen molar-refractivity contribution in [1.82, 2.24) is 10.2 Å². The second kappa shape index (κ2) is 9.13. The zero-order valence-electron chi connectivity index (χ0n) is 23.1. The van der Waals surface area contributed by atoms with Crippen LogP contribution in [0.15, 0.2) is 24.3 Å². The summed E-state index contributed by atoms with van der Waals surface area (Å²) in [6.45, 7) is 7.64. The van der Waals surface area contributed by atoms with Crippen LogP contribution in [0.5, 0.6) is 5.75 Å². The Balaban J connectivity index is 1.23. The molecule has 5 aliphatic heterocycles. The fraction of sp³-hybridized carbons (Fsp3) is 0.645. The summed E-state index contributed by atoms with van der Waals surface area (Å²) in [5.41, 5.74) is 0.388. The van der Waals surface area contributed by atoms with Gasteiger partial charge in [0.1, 0.15) is 16.8 Å². The minimum atomic E-state index is -1.10. The van der Waals surface area contributed by atoms with E-state index in [0.29, 0.717) is 43.1 Å². The van der Waals surface area contributed by atoms with E-state index in [1.165, 1.54) is 38.5 Å². The van der Waals surface area contributed by atoms with Crippen molar-refractivity contribution in [2.24, 2.45) is 11.3 Å². The zero-order chi connectivity index (χ0) is 26.7. The summed E-state index contributed by atoms with van der Waals surface area (Å²) >= 11 is 0. The minimum absolute atomic E-state index is 0.0123. The van der Waals surface area contributed by atoms with Crippen molar-refractivity contribution in [3.05, 3.63) is 35.0 Å². The second-order valence-corrected chi connectivity index (χ2v) is 12.6. The first kappa shape index (κ1) is 25.4. The molecule has 1 unspecified atom stereocenters. The van der Waals surface area contributed by atoms with Gasteiger partial charge in [-0.3, -0.25) is 9.59 Å². The Morgan fingerprint density at radius 1 is 1.11 bits per heavy atom. The summed E-state index contributed by atoms with van der Waals surface area (Å²) < 4.78 is 7.09. The SMILES string of the molecule is CCCCCCCCCCOc1ccc2c(c1)[N+]([O-])=C1C2=C[C@@]23NC(=O)[C@]4(CCCN4C2=O)CC3C1(C)C. The number of rotatable bonds is 10. The van der Waals surface area contributed by atoms with Gasteiger partial charge in [0.15, 0.2) is 0 Å². The summed E-state index contributed by atoms with van der Waals surface area (Å²) in [4.78, 5) is 29.0. The molecule has 1 N–H and O–H groups in total. The maximum Gasteiger partial charge on any atom is 0.253 e. The number of piperidine rings is 2. The summed E-state index contributed by atoms with van der Waals surface area (Å²) in [5, 5.41) is 16.9. The van der Waals surface area contributed by atoms with E-state index < -0.39 is 16.5 Å². The average molecular weight is 520 g/mol. The number of amides is 2. The van der Waals surface area contributed by atoms with Gasteiger partial charge in [0, 0.05) is 12.5 Å². The first-order chi connectivity index (χ1) is 18.3. The Bertz CT molecular complexity index is 1230. The van der Waals surface area contributed by atoms with E-state index in [2.05, 4.69) is 26.1 Å². The van der Waals surface area contributed by atoms with Crippen LogP contribution in [0.3, 0.4) is 0 Å². The summed E-state index contributed by atoms with van der Waals surface area (Å²) in [7, 11) is 0. The maximum atomic E-state index is 13.9. The van der Waals surface area contributed by atoms with E-state index in [4.69, 9.17) is 4.74 Å². The molecule has 4 fully saturated rings. The molecule has 7 rings (SSSR count). The van der Waals surface area contributed by atoms with E-state index in [0.717, 1.165) is 35.1 Å². The number of hydrogen-bond acceptors (Lipinski definition) is 4. The summed E-state index contributed by atoms with van der Waals surface area (Å²) in [6, 6.07) is 5.70. The molecule has 1 aromatic rings. The molecule has 5 heterocycles. The fourth-order valence-electron chi connectivity index (χ4n) is 7.98. The third-order valence-electron chi connectivity index (χ3n) is 9.98. The molecule has 7 heteroatoms. The van der Waals surface area contributed by atoms with Gasteiger partial charge in [-0.15, -0.1) is 0 Å². The van der Waals surface area contributed by atoms with Crippen molar-refractivity contribution in [2.75, 3.05) is 13.2 Å². The highest BCUT2D eigenvalue weighted by molar-refractivity contribution is 6.30. The number of unbranched alkanes of at least 4 members (excludes halogenated alkanes) is 7. The van der Waals surface area contributed by atoms with E-state index in [9.17, 15) is 14.8 Å². The van der Waals surface area contributed by atoms with Crippen molar-refractivity contribution in [1.29, 1.82) is 0 Å². The molecule has 6 aliphatic rings. The van der Waals surface area contributed by atoms with Gasteiger partial charge in [0.05, 0.1) is 29.2 Å². The number of allylic oxidation sites excluding steroid dienone is 1. The third-order valence-corrected chi connectivity index (χ3v) is 9.98. The number of benzene rings is 1. The van der Waals surface area contributed by atoms with Gasteiger partial charge < -0.3 is 20.2 Å². The molecule has 0 saturated carbocycles. The lowest BCUT2D eigenvalue weighted by Crippen LogP contribution is -2.83. The highest BCUT2D eigenvalue weighted by Gasteiger charge is 2.73. The van der Waals surface area contributed by atoms with Gasteiger partial charge in [0.25, 0.3) is 5.91 Å². The number of carbonyl (C=O) groups excluding carboxylic acids is 2. The van der Waals surface area contributed by atoms with E-state index in [1.54, 1.807) is 0 Å². The van der Waals surface area contributed by atoms with Crippen molar-refractivity contribution in [3.63, 3.8) is 0 Å². The van der Waals surface area contributed by atoms with Crippen LogP contribution in [-0.2, 0) is 9.59 Å². The molecular formula is C31H41N3O4. The highest BCUT2D eigenvalue weighted by Crippen LogP contribution is 2.60. The number of nitrogens with one attached hydrogen (secondary N) is 1. The summed E-state index contributed by atoms with van der Waals surface area (Å²) in [6.07, 6.45) is 14.0. The quantitative estimate of drug-likeness (QED) is 0.252. The van der Waals surface area contributed by atoms with Gasteiger partial charge in [-0.2, -0.15) is 4.74 Å². The van der Waals surface area contributed by atoms with Crippen LogP contribution < -0.4 is 10.1 Å². The van der Waals surface area contributed by atoms with Gasteiger partial charge in [-0.1, -0.05) is 51.9 Å². The number of hydrogen-bond donors (Lipinski definition) is 1. The number of fused-ring (bicyclic) bond motifs is 4.